The molecule has 7 nitrogen and oxygen atoms in total. The highest BCUT2D eigenvalue weighted by molar-refractivity contribution is 5.78. The van der Waals surface area contributed by atoms with Crippen LogP contribution in [0.1, 0.15) is 24.5 Å². The van der Waals surface area contributed by atoms with Gasteiger partial charge in [-0.1, -0.05) is 18.2 Å². The first-order valence-electron chi connectivity index (χ1n) is 9.56. The Bertz CT molecular complexity index is 892. The van der Waals surface area contributed by atoms with Crippen molar-refractivity contribution in [2.75, 3.05) is 20.1 Å². The molecule has 7 heteroatoms. The second-order valence-electron chi connectivity index (χ2n) is 7.21. The smallest absolute Gasteiger partial charge is 0.247 e. The van der Waals surface area contributed by atoms with Crippen LogP contribution in [0.15, 0.2) is 57.6 Å². The van der Waals surface area contributed by atoms with E-state index < -0.39 is 0 Å². The highest BCUT2D eigenvalue weighted by Gasteiger charge is 2.29. The number of nitrogens with zero attached hydrogens (tertiary/aromatic N) is 4. The minimum atomic E-state index is -0.0229. The van der Waals surface area contributed by atoms with Gasteiger partial charge in [0, 0.05) is 19.2 Å². The lowest BCUT2D eigenvalue weighted by Crippen LogP contribution is -2.43. The van der Waals surface area contributed by atoms with Gasteiger partial charge in [0.1, 0.15) is 5.76 Å². The second-order valence-corrected chi connectivity index (χ2v) is 7.21. The fraction of sp³-hybridized carbons (Fsp3) is 0.381. The van der Waals surface area contributed by atoms with Gasteiger partial charge in [0.25, 0.3) is 0 Å². The van der Waals surface area contributed by atoms with Gasteiger partial charge in [0.05, 0.1) is 25.3 Å². The molecule has 3 aromatic rings. The van der Waals surface area contributed by atoms with Crippen LogP contribution in [0, 0.1) is 5.92 Å². The normalized spacial score (nSPS) is 17.5. The third kappa shape index (κ3) is 4.31. The topological polar surface area (TPSA) is 75.6 Å². The van der Waals surface area contributed by atoms with Gasteiger partial charge in [0.15, 0.2) is 0 Å². The number of piperidine rings is 1. The summed E-state index contributed by atoms with van der Waals surface area (Å²) < 4.78 is 11.2. The summed E-state index contributed by atoms with van der Waals surface area (Å²) in [6.07, 6.45) is 3.59. The van der Waals surface area contributed by atoms with Crippen LogP contribution >= 0.6 is 0 Å². The van der Waals surface area contributed by atoms with Gasteiger partial charge in [-0.05, 0) is 43.7 Å². The molecule has 0 saturated carbocycles. The maximum absolute atomic E-state index is 12.9. The first-order chi connectivity index (χ1) is 13.7. The summed E-state index contributed by atoms with van der Waals surface area (Å²) in [6.45, 7) is 2.78. The fourth-order valence-electron chi connectivity index (χ4n) is 3.63. The Morgan fingerprint density at radius 1 is 1.21 bits per heavy atom. The van der Waals surface area contributed by atoms with E-state index in [4.69, 9.17) is 8.83 Å². The van der Waals surface area contributed by atoms with E-state index in [-0.39, 0.29) is 11.8 Å². The molecule has 1 amide bonds. The Balaban J connectivity index is 1.35. The third-order valence-corrected chi connectivity index (χ3v) is 5.05. The van der Waals surface area contributed by atoms with Crippen molar-refractivity contribution in [1.29, 1.82) is 0 Å². The zero-order chi connectivity index (χ0) is 19.3. The first kappa shape index (κ1) is 18.4. The second kappa shape index (κ2) is 8.39. The molecule has 0 radical (unpaired) electrons. The van der Waals surface area contributed by atoms with Crippen molar-refractivity contribution >= 4 is 5.91 Å². The molecule has 0 aliphatic carbocycles. The lowest BCUT2D eigenvalue weighted by molar-refractivity contribution is -0.137. The molecular weight excluding hydrogens is 356 g/mol. The standard InChI is InChI=1S/C21H24N4O3/c1-24(15-19-22-23-20(28-19)16-7-3-2-4-8-16)21(26)17-9-5-11-25(13-17)14-18-10-6-12-27-18/h2-4,6-8,10,12,17H,5,9,11,13-15H2,1H3/t17-/m1/s1. The van der Waals surface area contributed by atoms with Crippen molar-refractivity contribution in [2.24, 2.45) is 5.92 Å². The molecule has 0 unspecified atom stereocenters. The summed E-state index contributed by atoms with van der Waals surface area (Å²) in [4.78, 5) is 16.9. The largest absolute Gasteiger partial charge is 0.468 e. The molecule has 4 rings (SSSR count). The Hall–Kier alpha value is -2.93. The average Bonchev–Trinajstić information content (AvgIpc) is 3.40. The van der Waals surface area contributed by atoms with Crippen molar-refractivity contribution in [3.05, 3.63) is 60.4 Å². The number of rotatable bonds is 6. The number of hydrogen-bond donors (Lipinski definition) is 0. The van der Waals surface area contributed by atoms with Gasteiger partial charge in [0.2, 0.25) is 17.7 Å². The Labute approximate surface area is 164 Å². The molecule has 2 aromatic heterocycles. The quantitative estimate of drug-likeness (QED) is 0.654. The molecule has 146 valence electrons. The van der Waals surface area contributed by atoms with Gasteiger partial charge in [-0.2, -0.15) is 0 Å². The van der Waals surface area contributed by atoms with Crippen LogP contribution in [-0.4, -0.2) is 46.0 Å². The molecule has 0 bridgehead atoms. The maximum atomic E-state index is 12.9. The van der Waals surface area contributed by atoms with E-state index in [0.29, 0.717) is 18.3 Å². The van der Waals surface area contributed by atoms with Gasteiger partial charge in [-0.25, -0.2) is 0 Å². The summed E-state index contributed by atoms with van der Waals surface area (Å²) in [6, 6.07) is 13.5. The van der Waals surface area contributed by atoms with Crippen molar-refractivity contribution in [3.63, 3.8) is 0 Å². The number of aromatic nitrogens is 2. The zero-order valence-corrected chi connectivity index (χ0v) is 16.0. The van der Waals surface area contributed by atoms with Crippen molar-refractivity contribution < 1.29 is 13.6 Å². The summed E-state index contributed by atoms with van der Waals surface area (Å²) in [5.74, 6) is 1.94. The molecule has 0 N–H and O–H groups in total. The Morgan fingerprint density at radius 2 is 2.07 bits per heavy atom. The highest BCUT2D eigenvalue weighted by Crippen LogP contribution is 2.22. The summed E-state index contributed by atoms with van der Waals surface area (Å²) >= 11 is 0. The Kier molecular flexibility index (Phi) is 5.53. The predicted molar refractivity (Wildman–Crippen MR) is 103 cm³/mol. The molecule has 1 saturated heterocycles. The van der Waals surface area contributed by atoms with E-state index in [1.807, 2.05) is 42.5 Å². The minimum Gasteiger partial charge on any atom is -0.468 e. The number of carbonyl (C=O) groups is 1. The van der Waals surface area contributed by atoms with E-state index >= 15 is 0 Å². The molecule has 3 heterocycles. The molecule has 0 spiro atoms. The van der Waals surface area contributed by atoms with Crippen molar-refractivity contribution in [1.82, 2.24) is 20.0 Å². The first-order valence-corrected chi connectivity index (χ1v) is 9.56. The van der Waals surface area contributed by atoms with Gasteiger partial charge >= 0.3 is 0 Å². The molecule has 1 aromatic carbocycles. The average molecular weight is 380 g/mol. The minimum absolute atomic E-state index is 0.0229. The molecule has 1 atom stereocenters. The highest BCUT2D eigenvalue weighted by atomic mass is 16.4. The number of likely N-dealkylation sites (tertiary alicyclic amines) is 1. The van der Waals surface area contributed by atoms with Crippen molar-refractivity contribution in [3.8, 4) is 11.5 Å². The number of furan rings is 1. The van der Waals surface area contributed by atoms with E-state index in [9.17, 15) is 4.79 Å². The molecule has 1 fully saturated rings. The van der Waals surface area contributed by atoms with E-state index in [0.717, 1.165) is 43.8 Å². The summed E-state index contributed by atoms with van der Waals surface area (Å²) in [5, 5.41) is 8.18. The van der Waals surface area contributed by atoms with Crippen LogP contribution in [0.3, 0.4) is 0 Å². The number of amides is 1. The monoisotopic (exact) mass is 380 g/mol. The lowest BCUT2D eigenvalue weighted by Gasteiger charge is -2.33. The maximum Gasteiger partial charge on any atom is 0.247 e. The van der Waals surface area contributed by atoms with Crippen LogP contribution in [-0.2, 0) is 17.9 Å². The summed E-state index contributed by atoms with van der Waals surface area (Å²) in [7, 11) is 1.79. The number of hydrogen-bond acceptors (Lipinski definition) is 6. The van der Waals surface area contributed by atoms with Crippen LogP contribution in [0.25, 0.3) is 11.5 Å². The Morgan fingerprint density at radius 3 is 2.86 bits per heavy atom. The lowest BCUT2D eigenvalue weighted by atomic mass is 9.96. The zero-order valence-electron chi connectivity index (χ0n) is 16.0. The number of benzene rings is 1. The van der Waals surface area contributed by atoms with Gasteiger partial charge in [-0.15, -0.1) is 10.2 Å². The molecular formula is C21H24N4O3. The van der Waals surface area contributed by atoms with Crippen molar-refractivity contribution in [2.45, 2.75) is 25.9 Å². The molecule has 1 aliphatic rings. The van der Waals surface area contributed by atoms with Crippen LogP contribution in [0.4, 0.5) is 0 Å². The number of carbonyl (C=O) groups excluding carboxylic acids is 1. The van der Waals surface area contributed by atoms with Crippen LogP contribution in [0.2, 0.25) is 0 Å². The van der Waals surface area contributed by atoms with E-state index in [1.54, 1.807) is 18.2 Å². The van der Waals surface area contributed by atoms with E-state index in [2.05, 4.69) is 15.1 Å². The molecule has 1 aliphatic heterocycles. The van der Waals surface area contributed by atoms with Crippen LogP contribution < -0.4 is 0 Å². The predicted octanol–water partition coefficient (Wildman–Crippen LogP) is 3.20. The van der Waals surface area contributed by atoms with Gasteiger partial charge in [-0.3, -0.25) is 9.69 Å². The van der Waals surface area contributed by atoms with Crippen LogP contribution in [0.5, 0.6) is 0 Å². The summed E-state index contributed by atoms with van der Waals surface area (Å²) in [5.41, 5.74) is 0.871. The molecule has 28 heavy (non-hydrogen) atoms. The van der Waals surface area contributed by atoms with Gasteiger partial charge < -0.3 is 13.7 Å². The fourth-order valence-corrected chi connectivity index (χ4v) is 3.63. The SMILES string of the molecule is CN(Cc1nnc(-c2ccccc2)o1)C(=O)[C@@H]1CCCN(Cc2ccco2)C1. The van der Waals surface area contributed by atoms with E-state index in [1.165, 1.54) is 0 Å². The third-order valence-electron chi connectivity index (χ3n) is 5.05.